The zero-order chi connectivity index (χ0) is 18.8. The van der Waals surface area contributed by atoms with Crippen molar-refractivity contribution in [1.29, 1.82) is 0 Å². The van der Waals surface area contributed by atoms with Crippen LogP contribution in [0.5, 0.6) is 0 Å². The summed E-state index contributed by atoms with van der Waals surface area (Å²) < 4.78 is 33.4. The quantitative estimate of drug-likeness (QED) is 0.693. The number of ether oxygens (including phenoxy) is 1. The summed E-state index contributed by atoms with van der Waals surface area (Å²) in [6.07, 6.45) is 0.705. The molecule has 9 heteroatoms. The van der Waals surface area contributed by atoms with Crippen LogP contribution in [0.1, 0.15) is 39.2 Å². The van der Waals surface area contributed by atoms with Gasteiger partial charge in [-0.05, 0) is 58.2 Å². The molecule has 7 nitrogen and oxygen atoms in total. The van der Waals surface area contributed by atoms with Crippen LogP contribution in [0.4, 0.5) is 5.69 Å². The Hall–Kier alpha value is -1.19. The molecule has 1 fully saturated rings. The molecule has 0 aromatic heterocycles. The van der Waals surface area contributed by atoms with Gasteiger partial charge in [-0.2, -0.15) is 0 Å². The Morgan fingerprint density at radius 3 is 2.50 bits per heavy atom. The van der Waals surface area contributed by atoms with Gasteiger partial charge < -0.3 is 15.8 Å². The van der Waals surface area contributed by atoms with E-state index in [-0.39, 0.29) is 29.3 Å². The van der Waals surface area contributed by atoms with Gasteiger partial charge in [-0.15, -0.1) is 12.4 Å². The lowest BCUT2D eigenvalue weighted by molar-refractivity contribution is -0.126. The highest BCUT2D eigenvalue weighted by molar-refractivity contribution is 7.89. The van der Waals surface area contributed by atoms with Crippen molar-refractivity contribution in [3.8, 4) is 0 Å². The number of anilines is 1. The average molecular weight is 406 g/mol. The van der Waals surface area contributed by atoms with Crippen LogP contribution in [0.2, 0.25) is 0 Å². The molecule has 1 saturated heterocycles. The number of sulfonamides is 1. The third-order valence-electron chi connectivity index (χ3n) is 3.85. The van der Waals surface area contributed by atoms with Crippen molar-refractivity contribution in [2.24, 2.45) is 5.73 Å². The first kappa shape index (κ1) is 22.9. The largest absolute Gasteiger partial charge is 0.364 e. The SMILES string of the molecule is Cc1ccc(NC(=O)[C@@H]2CC[C@H](CN)O2)cc1S(=O)(=O)NC(C)(C)C.Cl. The molecule has 0 aliphatic carbocycles. The summed E-state index contributed by atoms with van der Waals surface area (Å²) in [4.78, 5) is 12.5. The van der Waals surface area contributed by atoms with E-state index in [9.17, 15) is 13.2 Å². The van der Waals surface area contributed by atoms with Gasteiger partial charge in [-0.1, -0.05) is 6.07 Å². The minimum atomic E-state index is -3.69. The van der Waals surface area contributed by atoms with Crippen molar-refractivity contribution in [2.45, 2.75) is 63.2 Å². The number of carbonyl (C=O) groups is 1. The molecular formula is C17H28ClN3O4S. The third-order valence-corrected chi connectivity index (χ3v) is 5.75. The molecule has 4 N–H and O–H groups in total. The molecule has 1 aliphatic rings. The number of rotatable bonds is 5. The van der Waals surface area contributed by atoms with E-state index in [1.165, 1.54) is 6.07 Å². The molecule has 26 heavy (non-hydrogen) atoms. The van der Waals surface area contributed by atoms with E-state index in [1.54, 1.807) is 39.8 Å². The lowest BCUT2D eigenvalue weighted by Crippen LogP contribution is -2.40. The summed E-state index contributed by atoms with van der Waals surface area (Å²) in [5, 5.41) is 2.73. The maximum Gasteiger partial charge on any atom is 0.253 e. The first-order chi connectivity index (χ1) is 11.5. The van der Waals surface area contributed by atoms with E-state index in [1.807, 2.05) is 0 Å². The van der Waals surface area contributed by atoms with E-state index in [2.05, 4.69) is 10.0 Å². The molecule has 1 amide bonds. The number of carbonyl (C=O) groups excluding carboxylic acids is 1. The van der Waals surface area contributed by atoms with Gasteiger partial charge in [0.05, 0.1) is 11.0 Å². The third kappa shape index (κ3) is 5.92. The molecule has 148 valence electrons. The highest BCUT2D eigenvalue weighted by atomic mass is 35.5. The van der Waals surface area contributed by atoms with Gasteiger partial charge in [0.1, 0.15) is 6.10 Å². The molecule has 2 atom stereocenters. The van der Waals surface area contributed by atoms with Crippen molar-refractivity contribution < 1.29 is 17.9 Å². The summed E-state index contributed by atoms with van der Waals surface area (Å²) in [5.41, 5.74) is 5.98. The van der Waals surface area contributed by atoms with Crippen molar-refractivity contribution in [1.82, 2.24) is 4.72 Å². The summed E-state index contributed by atoms with van der Waals surface area (Å²) in [6, 6.07) is 4.82. The second-order valence-corrected chi connectivity index (χ2v) is 9.04. The van der Waals surface area contributed by atoms with Gasteiger partial charge in [0.15, 0.2) is 0 Å². The Morgan fingerprint density at radius 2 is 1.96 bits per heavy atom. The minimum Gasteiger partial charge on any atom is -0.364 e. The maximum atomic E-state index is 12.6. The van der Waals surface area contributed by atoms with Crippen LogP contribution in [-0.2, 0) is 19.6 Å². The van der Waals surface area contributed by atoms with Crippen LogP contribution in [0.15, 0.2) is 23.1 Å². The zero-order valence-electron chi connectivity index (χ0n) is 15.5. The van der Waals surface area contributed by atoms with Crippen LogP contribution in [0, 0.1) is 6.92 Å². The van der Waals surface area contributed by atoms with Crippen molar-refractivity contribution in [3.05, 3.63) is 23.8 Å². The standard InChI is InChI=1S/C17H27N3O4S.ClH/c1-11-5-6-12(9-15(11)25(22,23)20-17(2,3)4)19-16(21)14-8-7-13(10-18)24-14;/h5-6,9,13-14,20H,7-8,10,18H2,1-4H3,(H,19,21);1H/t13-,14+;/m1./s1. The number of nitrogens with two attached hydrogens (primary N) is 1. The molecule has 0 bridgehead atoms. The average Bonchev–Trinajstić information content (AvgIpc) is 2.95. The predicted octanol–water partition coefficient (Wildman–Crippen LogP) is 1.94. The van der Waals surface area contributed by atoms with Gasteiger partial charge in [-0.25, -0.2) is 13.1 Å². The minimum absolute atomic E-state index is 0. The van der Waals surface area contributed by atoms with E-state index < -0.39 is 21.7 Å². The number of hydrogen-bond donors (Lipinski definition) is 3. The highest BCUT2D eigenvalue weighted by Gasteiger charge is 2.30. The Kier molecular flexibility index (Phi) is 7.62. The molecule has 0 unspecified atom stereocenters. The Morgan fingerprint density at radius 1 is 1.31 bits per heavy atom. The topological polar surface area (TPSA) is 111 Å². The van der Waals surface area contributed by atoms with Crippen molar-refractivity contribution >= 4 is 34.0 Å². The summed E-state index contributed by atoms with van der Waals surface area (Å²) >= 11 is 0. The molecule has 1 aromatic rings. The number of nitrogens with one attached hydrogen (secondary N) is 2. The van der Waals surface area contributed by atoms with Crippen LogP contribution >= 0.6 is 12.4 Å². The van der Waals surface area contributed by atoms with Gasteiger partial charge in [0.2, 0.25) is 10.0 Å². The number of halogens is 1. The number of hydrogen-bond acceptors (Lipinski definition) is 5. The zero-order valence-corrected chi connectivity index (χ0v) is 17.2. The molecule has 1 aromatic carbocycles. The van der Waals surface area contributed by atoms with Crippen LogP contribution < -0.4 is 15.8 Å². The molecule has 0 spiro atoms. The fourth-order valence-corrected chi connectivity index (χ4v) is 4.41. The van der Waals surface area contributed by atoms with Gasteiger partial charge in [0, 0.05) is 17.8 Å². The highest BCUT2D eigenvalue weighted by Crippen LogP contribution is 2.24. The number of benzene rings is 1. The Balaban J connectivity index is 0.00000338. The van der Waals surface area contributed by atoms with Crippen molar-refractivity contribution in [2.75, 3.05) is 11.9 Å². The molecule has 1 heterocycles. The van der Waals surface area contributed by atoms with Crippen LogP contribution in [0.25, 0.3) is 0 Å². The van der Waals surface area contributed by atoms with Crippen LogP contribution in [0.3, 0.4) is 0 Å². The van der Waals surface area contributed by atoms with Gasteiger partial charge in [-0.3, -0.25) is 4.79 Å². The lowest BCUT2D eigenvalue weighted by atomic mass is 10.1. The fourth-order valence-electron chi connectivity index (χ4n) is 2.72. The van der Waals surface area contributed by atoms with E-state index >= 15 is 0 Å². The van der Waals surface area contributed by atoms with E-state index in [4.69, 9.17) is 10.5 Å². The fraction of sp³-hybridized carbons (Fsp3) is 0.588. The summed E-state index contributed by atoms with van der Waals surface area (Å²) in [7, 11) is -3.69. The molecule has 0 saturated carbocycles. The van der Waals surface area contributed by atoms with Crippen LogP contribution in [-0.4, -0.2) is 38.6 Å². The summed E-state index contributed by atoms with van der Waals surface area (Å²) in [6.45, 7) is 7.42. The first-order valence-electron chi connectivity index (χ1n) is 8.33. The number of aryl methyl sites for hydroxylation is 1. The first-order valence-corrected chi connectivity index (χ1v) is 9.81. The van der Waals surface area contributed by atoms with E-state index in [0.717, 1.165) is 6.42 Å². The predicted molar refractivity (Wildman–Crippen MR) is 104 cm³/mol. The lowest BCUT2D eigenvalue weighted by Gasteiger charge is -2.21. The molecule has 0 radical (unpaired) electrons. The second kappa shape index (κ2) is 8.67. The number of amides is 1. The Bertz CT molecular complexity index is 747. The van der Waals surface area contributed by atoms with Gasteiger partial charge >= 0.3 is 0 Å². The molecule has 2 rings (SSSR count). The second-order valence-electron chi connectivity index (χ2n) is 7.38. The van der Waals surface area contributed by atoms with E-state index in [0.29, 0.717) is 24.2 Å². The molecule has 1 aliphatic heterocycles. The van der Waals surface area contributed by atoms with Crippen molar-refractivity contribution in [3.63, 3.8) is 0 Å². The monoisotopic (exact) mass is 405 g/mol. The summed E-state index contributed by atoms with van der Waals surface area (Å²) in [5.74, 6) is -0.285. The van der Waals surface area contributed by atoms with Gasteiger partial charge in [0.25, 0.3) is 5.91 Å². The molecular weight excluding hydrogens is 378 g/mol. The smallest absolute Gasteiger partial charge is 0.253 e. The normalized spacial score (nSPS) is 20.5. The Labute approximate surface area is 161 Å². The maximum absolute atomic E-state index is 12.6.